The van der Waals surface area contributed by atoms with E-state index < -0.39 is 17.7 Å². The van der Waals surface area contributed by atoms with Gasteiger partial charge in [-0.25, -0.2) is 8.78 Å². The van der Waals surface area contributed by atoms with Gasteiger partial charge in [0.1, 0.15) is 24.7 Å². The van der Waals surface area contributed by atoms with Gasteiger partial charge in [-0.1, -0.05) is 18.2 Å². The van der Waals surface area contributed by atoms with Gasteiger partial charge in [-0.05, 0) is 48.2 Å². The van der Waals surface area contributed by atoms with Crippen molar-refractivity contribution >= 4 is 35.2 Å². The first-order chi connectivity index (χ1) is 17.2. The van der Waals surface area contributed by atoms with E-state index >= 15 is 0 Å². The third-order valence-corrected chi connectivity index (χ3v) is 7.47. The molecule has 4 rings (SSSR count). The number of aryl methyl sites for hydroxylation is 1. The Bertz CT molecular complexity index is 1160. The number of fused-ring (bicyclic) bond motifs is 1. The van der Waals surface area contributed by atoms with Crippen molar-refractivity contribution in [3.8, 4) is 0 Å². The van der Waals surface area contributed by atoms with Crippen molar-refractivity contribution in [2.45, 2.75) is 32.4 Å². The molecule has 0 saturated carbocycles. The second-order valence-corrected chi connectivity index (χ2v) is 10.4. The van der Waals surface area contributed by atoms with Gasteiger partial charge in [-0.2, -0.15) is 11.8 Å². The summed E-state index contributed by atoms with van der Waals surface area (Å²) in [5.74, 6) is -0.183. The number of carbonyl (C=O) groups excluding carboxylic acids is 3. The van der Waals surface area contributed by atoms with E-state index in [1.54, 1.807) is 28.8 Å². The Morgan fingerprint density at radius 3 is 2.50 bits per heavy atom. The molecule has 36 heavy (non-hydrogen) atoms. The molecule has 1 unspecified atom stereocenters. The molecule has 2 aliphatic heterocycles. The van der Waals surface area contributed by atoms with Crippen molar-refractivity contribution in [1.82, 2.24) is 9.80 Å². The number of rotatable bonds is 6. The van der Waals surface area contributed by atoms with Crippen LogP contribution in [-0.2, 0) is 27.3 Å². The minimum absolute atomic E-state index is 0.0120. The molecule has 10 heteroatoms. The predicted molar refractivity (Wildman–Crippen MR) is 136 cm³/mol. The lowest BCUT2D eigenvalue weighted by atomic mass is 10.0. The highest BCUT2D eigenvalue weighted by Crippen LogP contribution is 2.26. The minimum atomic E-state index is -0.752. The Morgan fingerprint density at radius 1 is 1.03 bits per heavy atom. The summed E-state index contributed by atoms with van der Waals surface area (Å²) in [6, 6.07) is 8.69. The van der Waals surface area contributed by atoms with Crippen molar-refractivity contribution in [3.05, 3.63) is 64.7 Å². The maximum Gasteiger partial charge on any atom is 0.247 e. The zero-order valence-electron chi connectivity index (χ0n) is 20.2. The first-order valence-corrected chi connectivity index (χ1v) is 13.1. The van der Waals surface area contributed by atoms with E-state index in [1.165, 1.54) is 16.7 Å². The summed E-state index contributed by atoms with van der Waals surface area (Å²) in [6.45, 7) is 2.69. The average Bonchev–Trinajstić information content (AvgIpc) is 2.99. The second kappa shape index (κ2) is 11.4. The first-order valence-electron chi connectivity index (χ1n) is 11.9. The highest BCUT2D eigenvalue weighted by Gasteiger charge is 2.31. The number of hydrogen-bond acceptors (Lipinski definition) is 5. The highest BCUT2D eigenvalue weighted by atomic mass is 32.2. The van der Waals surface area contributed by atoms with Crippen LogP contribution in [0.25, 0.3) is 0 Å². The van der Waals surface area contributed by atoms with Crippen molar-refractivity contribution in [1.29, 1.82) is 0 Å². The van der Waals surface area contributed by atoms with Gasteiger partial charge in [0.2, 0.25) is 17.7 Å². The van der Waals surface area contributed by atoms with E-state index in [4.69, 9.17) is 5.73 Å². The van der Waals surface area contributed by atoms with Crippen LogP contribution < -0.4 is 10.6 Å². The molecular formula is C26H30F2N4O3S. The lowest BCUT2D eigenvalue weighted by molar-refractivity contribution is -0.136. The Morgan fingerprint density at radius 2 is 1.75 bits per heavy atom. The fourth-order valence-electron chi connectivity index (χ4n) is 4.50. The Hall–Kier alpha value is -2.98. The molecule has 3 amide bonds. The van der Waals surface area contributed by atoms with Crippen LogP contribution in [0.15, 0.2) is 36.4 Å². The summed E-state index contributed by atoms with van der Waals surface area (Å²) in [5.41, 5.74) is 7.80. The Kier molecular flexibility index (Phi) is 8.25. The van der Waals surface area contributed by atoms with Crippen LogP contribution in [0, 0.1) is 18.6 Å². The summed E-state index contributed by atoms with van der Waals surface area (Å²) in [4.78, 5) is 43.9. The summed E-state index contributed by atoms with van der Waals surface area (Å²) in [5, 5.41) is 0. The van der Waals surface area contributed by atoms with Crippen molar-refractivity contribution in [2.75, 3.05) is 42.6 Å². The second-order valence-electron chi connectivity index (χ2n) is 9.21. The fraction of sp³-hybridized carbons (Fsp3) is 0.423. The van der Waals surface area contributed by atoms with Gasteiger partial charge in [0.15, 0.2) is 0 Å². The number of benzene rings is 2. The number of anilines is 1. The van der Waals surface area contributed by atoms with Gasteiger partial charge in [0, 0.05) is 49.3 Å². The first kappa shape index (κ1) is 26.1. The van der Waals surface area contributed by atoms with Crippen molar-refractivity contribution in [3.63, 3.8) is 0 Å². The van der Waals surface area contributed by atoms with E-state index in [9.17, 15) is 23.2 Å². The molecule has 0 bridgehead atoms. The van der Waals surface area contributed by atoms with E-state index in [0.29, 0.717) is 18.8 Å². The van der Waals surface area contributed by atoms with Gasteiger partial charge >= 0.3 is 0 Å². The molecule has 0 radical (unpaired) electrons. The molecule has 0 aromatic heterocycles. The number of para-hydroxylation sites is 1. The average molecular weight is 517 g/mol. The van der Waals surface area contributed by atoms with Crippen LogP contribution in [0.1, 0.15) is 23.1 Å². The monoisotopic (exact) mass is 516 g/mol. The van der Waals surface area contributed by atoms with Gasteiger partial charge in [-0.15, -0.1) is 0 Å². The number of hydrogen-bond donors (Lipinski definition) is 1. The molecule has 0 aliphatic carbocycles. The van der Waals surface area contributed by atoms with Crippen LogP contribution in [-0.4, -0.2) is 71.2 Å². The zero-order valence-corrected chi connectivity index (χ0v) is 21.0. The quantitative estimate of drug-likeness (QED) is 0.638. The van der Waals surface area contributed by atoms with Gasteiger partial charge in [0.05, 0.1) is 0 Å². The van der Waals surface area contributed by atoms with Gasteiger partial charge in [0.25, 0.3) is 0 Å². The SMILES string of the molecule is Cc1cc(F)c(CC(N)CC(=O)N2CC(=O)N(CC(=O)N3CCSCC3)c3ccccc3C2)cc1F. The lowest BCUT2D eigenvalue weighted by Gasteiger charge is -2.30. The number of carbonyl (C=O) groups is 3. The van der Waals surface area contributed by atoms with Crippen LogP contribution in [0.5, 0.6) is 0 Å². The molecule has 2 aromatic carbocycles. The molecule has 192 valence electrons. The van der Waals surface area contributed by atoms with E-state index in [0.717, 1.165) is 29.2 Å². The predicted octanol–water partition coefficient (Wildman–Crippen LogP) is 2.48. The number of halogens is 2. The third kappa shape index (κ3) is 6.04. The molecular weight excluding hydrogens is 486 g/mol. The highest BCUT2D eigenvalue weighted by molar-refractivity contribution is 7.99. The third-order valence-electron chi connectivity index (χ3n) is 6.53. The summed E-state index contributed by atoms with van der Waals surface area (Å²) < 4.78 is 28.1. The molecule has 1 atom stereocenters. The Labute approximate surface area is 213 Å². The van der Waals surface area contributed by atoms with Gasteiger partial charge in [-0.3, -0.25) is 14.4 Å². The lowest BCUT2D eigenvalue weighted by Crippen LogP contribution is -2.48. The van der Waals surface area contributed by atoms with Crippen LogP contribution in [0.3, 0.4) is 0 Å². The molecule has 7 nitrogen and oxygen atoms in total. The van der Waals surface area contributed by atoms with Crippen LogP contribution in [0.2, 0.25) is 0 Å². The minimum Gasteiger partial charge on any atom is -0.339 e. The van der Waals surface area contributed by atoms with Crippen molar-refractivity contribution in [2.24, 2.45) is 5.73 Å². The molecule has 2 N–H and O–H groups in total. The molecule has 2 aromatic rings. The smallest absolute Gasteiger partial charge is 0.247 e. The summed E-state index contributed by atoms with van der Waals surface area (Å²) in [7, 11) is 0. The number of amides is 3. The molecule has 2 aliphatic rings. The maximum absolute atomic E-state index is 14.2. The molecule has 2 heterocycles. The topological polar surface area (TPSA) is 87.0 Å². The normalized spacial score (nSPS) is 17.0. The van der Waals surface area contributed by atoms with E-state index in [1.807, 2.05) is 12.1 Å². The Balaban J connectivity index is 1.46. The zero-order chi connectivity index (χ0) is 25.8. The number of thioether (sulfide) groups is 1. The van der Waals surface area contributed by atoms with Crippen LogP contribution >= 0.6 is 11.8 Å². The van der Waals surface area contributed by atoms with Crippen molar-refractivity contribution < 1.29 is 23.2 Å². The largest absolute Gasteiger partial charge is 0.339 e. The fourth-order valence-corrected chi connectivity index (χ4v) is 5.41. The standard InChI is InChI=1S/C26H30F2N4O3S/c1-17-10-22(28)19(12-21(17)27)11-20(29)13-24(33)31-14-18-4-2-3-5-23(18)32(26(35)15-31)16-25(34)30-6-8-36-9-7-30/h2-5,10,12,20H,6-9,11,13-16,29H2,1H3. The van der Waals surface area contributed by atoms with E-state index in [-0.39, 0.29) is 61.3 Å². The molecule has 1 saturated heterocycles. The maximum atomic E-state index is 14.2. The summed E-state index contributed by atoms with van der Waals surface area (Å²) >= 11 is 1.80. The number of nitrogens with two attached hydrogens (primary N) is 1. The number of nitrogens with zero attached hydrogens (tertiary/aromatic N) is 3. The molecule has 0 spiro atoms. The summed E-state index contributed by atoms with van der Waals surface area (Å²) in [6.07, 6.45) is -0.142. The van der Waals surface area contributed by atoms with E-state index in [2.05, 4.69) is 0 Å². The van der Waals surface area contributed by atoms with Crippen LogP contribution in [0.4, 0.5) is 14.5 Å². The van der Waals surface area contributed by atoms with Gasteiger partial charge < -0.3 is 20.4 Å². The molecule has 1 fully saturated rings.